The first kappa shape index (κ1) is 13.3. The van der Waals surface area contributed by atoms with Crippen LogP contribution >= 0.6 is 0 Å². The minimum atomic E-state index is -0.986. The van der Waals surface area contributed by atoms with Crippen LogP contribution in [-0.4, -0.2) is 31.8 Å². The number of rotatable bonds is 6. The number of aryl methyl sites for hydroxylation is 1. The van der Waals surface area contributed by atoms with E-state index in [1.165, 1.54) is 20.3 Å². The lowest BCUT2D eigenvalue weighted by Gasteiger charge is -2.13. The molecule has 0 aliphatic heterocycles. The van der Waals surface area contributed by atoms with Gasteiger partial charge < -0.3 is 20.3 Å². The second-order valence-electron chi connectivity index (χ2n) is 3.57. The van der Waals surface area contributed by atoms with Crippen molar-refractivity contribution in [1.82, 2.24) is 0 Å². The van der Waals surface area contributed by atoms with Crippen molar-refractivity contribution in [1.29, 1.82) is 0 Å². The van der Waals surface area contributed by atoms with Crippen molar-refractivity contribution in [2.75, 3.05) is 20.8 Å². The monoisotopic (exact) mass is 239 g/mol. The third-order valence-corrected chi connectivity index (χ3v) is 2.45. The third kappa shape index (κ3) is 3.10. The molecule has 94 valence electrons. The molecule has 0 radical (unpaired) electrons. The standard InChI is InChI=1S/C12H17NO4/c1-16-10-7-9(12(14)15)6-8(4-3-5-13)11(10)17-2/h6-7H,3-5,13H2,1-2H3,(H,14,15). The van der Waals surface area contributed by atoms with E-state index in [0.717, 1.165) is 12.0 Å². The Morgan fingerprint density at radius 3 is 2.53 bits per heavy atom. The molecule has 0 aliphatic rings. The van der Waals surface area contributed by atoms with Crippen LogP contribution in [0.1, 0.15) is 22.3 Å². The highest BCUT2D eigenvalue weighted by atomic mass is 16.5. The number of carboxylic acids is 1. The first-order chi connectivity index (χ1) is 8.13. The minimum absolute atomic E-state index is 0.190. The largest absolute Gasteiger partial charge is 0.493 e. The average molecular weight is 239 g/mol. The van der Waals surface area contributed by atoms with Crippen molar-refractivity contribution in [3.05, 3.63) is 23.3 Å². The van der Waals surface area contributed by atoms with E-state index in [1.54, 1.807) is 6.07 Å². The Morgan fingerprint density at radius 2 is 2.06 bits per heavy atom. The number of nitrogens with two attached hydrogens (primary N) is 1. The summed E-state index contributed by atoms with van der Waals surface area (Å²) in [5, 5.41) is 9.00. The fourth-order valence-electron chi connectivity index (χ4n) is 1.64. The molecule has 0 atom stereocenters. The highest BCUT2D eigenvalue weighted by Crippen LogP contribution is 2.33. The maximum atomic E-state index is 11.0. The number of hydrogen-bond acceptors (Lipinski definition) is 4. The van der Waals surface area contributed by atoms with Crippen LogP contribution in [0.25, 0.3) is 0 Å². The molecule has 5 heteroatoms. The lowest BCUT2D eigenvalue weighted by molar-refractivity contribution is 0.0696. The van der Waals surface area contributed by atoms with E-state index in [1.807, 2.05) is 0 Å². The summed E-state index contributed by atoms with van der Waals surface area (Å²) in [7, 11) is 3.01. The Bertz CT molecular complexity index is 404. The second kappa shape index (κ2) is 6.10. The molecule has 0 aromatic heterocycles. The average Bonchev–Trinajstić information content (AvgIpc) is 2.34. The van der Waals surface area contributed by atoms with Crippen LogP contribution in [0.4, 0.5) is 0 Å². The van der Waals surface area contributed by atoms with Crippen molar-refractivity contribution < 1.29 is 19.4 Å². The normalized spacial score (nSPS) is 10.1. The van der Waals surface area contributed by atoms with E-state index in [2.05, 4.69) is 0 Å². The van der Waals surface area contributed by atoms with Crippen molar-refractivity contribution >= 4 is 5.97 Å². The topological polar surface area (TPSA) is 81.8 Å². The molecule has 0 amide bonds. The van der Waals surface area contributed by atoms with Gasteiger partial charge >= 0.3 is 5.97 Å². The van der Waals surface area contributed by atoms with Gasteiger partial charge in [-0.05, 0) is 37.1 Å². The van der Waals surface area contributed by atoms with Gasteiger partial charge in [0, 0.05) is 0 Å². The van der Waals surface area contributed by atoms with E-state index in [0.29, 0.717) is 24.5 Å². The van der Waals surface area contributed by atoms with Gasteiger partial charge in [-0.2, -0.15) is 0 Å². The predicted octanol–water partition coefficient (Wildman–Crippen LogP) is 1.29. The predicted molar refractivity (Wildman–Crippen MR) is 63.9 cm³/mol. The summed E-state index contributed by atoms with van der Waals surface area (Å²) in [6.07, 6.45) is 1.43. The van der Waals surface area contributed by atoms with Gasteiger partial charge in [0.1, 0.15) is 0 Å². The second-order valence-corrected chi connectivity index (χ2v) is 3.57. The highest BCUT2D eigenvalue weighted by molar-refractivity contribution is 5.89. The molecule has 0 spiro atoms. The van der Waals surface area contributed by atoms with Crippen LogP contribution in [0.15, 0.2) is 12.1 Å². The number of hydrogen-bond donors (Lipinski definition) is 2. The van der Waals surface area contributed by atoms with Crippen LogP contribution in [0.5, 0.6) is 11.5 Å². The molecule has 0 heterocycles. The van der Waals surface area contributed by atoms with Crippen molar-refractivity contribution in [2.45, 2.75) is 12.8 Å². The zero-order chi connectivity index (χ0) is 12.8. The minimum Gasteiger partial charge on any atom is -0.493 e. The Labute approximate surface area is 100 Å². The van der Waals surface area contributed by atoms with Gasteiger partial charge in [-0.15, -0.1) is 0 Å². The molecule has 17 heavy (non-hydrogen) atoms. The van der Waals surface area contributed by atoms with Crippen molar-refractivity contribution in [3.8, 4) is 11.5 Å². The number of carbonyl (C=O) groups is 1. The Kier molecular flexibility index (Phi) is 4.78. The quantitative estimate of drug-likeness (QED) is 0.781. The first-order valence-electron chi connectivity index (χ1n) is 5.32. The lowest BCUT2D eigenvalue weighted by Crippen LogP contribution is -2.05. The summed E-state index contributed by atoms with van der Waals surface area (Å²) in [6, 6.07) is 3.05. The number of aromatic carboxylic acids is 1. The molecule has 0 bridgehead atoms. The van der Waals surface area contributed by atoms with E-state index in [4.69, 9.17) is 20.3 Å². The Hall–Kier alpha value is -1.75. The Balaban J connectivity index is 3.21. The molecule has 0 aliphatic carbocycles. The van der Waals surface area contributed by atoms with Gasteiger partial charge in [0.05, 0.1) is 19.8 Å². The molecular weight excluding hydrogens is 222 g/mol. The maximum absolute atomic E-state index is 11.0. The molecule has 1 aromatic carbocycles. The van der Waals surface area contributed by atoms with Crippen LogP contribution in [-0.2, 0) is 6.42 Å². The summed E-state index contributed by atoms with van der Waals surface area (Å²) in [5.74, 6) is 0.0188. The molecule has 3 N–H and O–H groups in total. The molecule has 0 saturated heterocycles. The summed E-state index contributed by atoms with van der Waals surface area (Å²) in [4.78, 5) is 11.0. The van der Waals surface area contributed by atoms with Crippen LogP contribution in [0.2, 0.25) is 0 Å². The van der Waals surface area contributed by atoms with Gasteiger partial charge in [-0.3, -0.25) is 0 Å². The SMILES string of the molecule is COc1cc(C(=O)O)cc(CCCN)c1OC. The molecule has 0 unspecified atom stereocenters. The van der Waals surface area contributed by atoms with E-state index in [9.17, 15) is 4.79 Å². The Morgan fingerprint density at radius 1 is 1.35 bits per heavy atom. The van der Waals surface area contributed by atoms with Gasteiger partial charge in [-0.25, -0.2) is 4.79 Å². The molecule has 0 fully saturated rings. The van der Waals surface area contributed by atoms with Gasteiger partial charge in [0.2, 0.25) is 0 Å². The smallest absolute Gasteiger partial charge is 0.335 e. The zero-order valence-electron chi connectivity index (χ0n) is 10.0. The maximum Gasteiger partial charge on any atom is 0.335 e. The summed E-state index contributed by atoms with van der Waals surface area (Å²) >= 11 is 0. The van der Waals surface area contributed by atoms with E-state index in [-0.39, 0.29) is 5.56 Å². The molecular formula is C12H17NO4. The molecule has 5 nitrogen and oxygen atoms in total. The van der Waals surface area contributed by atoms with Gasteiger partial charge in [-0.1, -0.05) is 0 Å². The molecule has 1 aromatic rings. The van der Waals surface area contributed by atoms with E-state index >= 15 is 0 Å². The lowest BCUT2D eigenvalue weighted by atomic mass is 10.0. The zero-order valence-corrected chi connectivity index (χ0v) is 10.0. The fraction of sp³-hybridized carbons (Fsp3) is 0.417. The first-order valence-corrected chi connectivity index (χ1v) is 5.32. The molecule has 1 rings (SSSR count). The van der Waals surface area contributed by atoms with Crippen molar-refractivity contribution in [3.63, 3.8) is 0 Å². The van der Waals surface area contributed by atoms with Crippen LogP contribution in [0.3, 0.4) is 0 Å². The summed E-state index contributed by atoms with van der Waals surface area (Å²) in [5.41, 5.74) is 6.44. The van der Waals surface area contributed by atoms with Crippen LogP contribution in [0, 0.1) is 0 Å². The van der Waals surface area contributed by atoms with Crippen molar-refractivity contribution in [2.24, 2.45) is 5.73 Å². The number of benzene rings is 1. The number of ether oxygens (including phenoxy) is 2. The van der Waals surface area contributed by atoms with Crippen LogP contribution < -0.4 is 15.2 Å². The van der Waals surface area contributed by atoms with E-state index < -0.39 is 5.97 Å². The fourth-order valence-corrected chi connectivity index (χ4v) is 1.64. The summed E-state index contributed by atoms with van der Waals surface area (Å²) in [6.45, 7) is 0.544. The van der Waals surface area contributed by atoms with Gasteiger partial charge in [0.15, 0.2) is 11.5 Å². The third-order valence-electron chi connectivity index (χ3n) is 2.45. The highest BCUT2D eigenvalue weighted by Gasteiger charge is 2.15. The molecule has 0 saturated carbocycles. The van der Waals surface area contributed by atoms with Gasteiger partial charge in [0.25, 0.3) is 0 Å². The number of methoxy groups -OCH3 is 2. The summed E-state index contributed by atoms with van der Waals surface area (Å²) < 4.78 is 10.4. The number of carboxylic acid groups (broad SMARTS) is 1.